The average molecular weight is 287 g/mol. The van der Waals surface area contributed by atoms with E-state index in [0.29, 0.717) is 0 Å². The molecule has 114 valence electrons. The molecule has 2 aliphatic heterocycles. The number of likely N-dealkylation sites (tertiary alicyclic amines) is 1. The van der Waals surface area contributed by atoms with Gasteiger partial charge in [-0.2, -0.15) is 0 Å². The molecule has 4 heteroatoms. The van der Waals surface area contributed by atoms with Crippen LogP contribution in [0.15, 0.2) is 24.3 Å². The number of hydrogen-bond donors (Lipinski definition) is 2. The summed E-state index contributed by atoms with van der Waals surface area (Å²) in [6, 6.07) is 8.49. The predicted octanol–water partition coefficient (Wildman–Crippen LogP) is 1.30. The van der Waals surface area contributed by atoms with E-state index in [1.807, 2.05) is 0 Å². The molecule has 0 bridgehead atoms. The molecule has 21 heavy (non-hydrogen) atoms. The zero-order chi connectivity index (χ0) is 14.7. The number of nitrogens with zero attached hydrogens (tertiary/aromatic N) is 1. The minimum atomic E-state index is -0.0964. The number of benzene rings is 1. The molecule has 2 aliphatic rings. The molecular weight excluding hydrogens is 262 g/mol. The summed E-state index contributed by atoms with van der Waals surface area (Å²) in [6.07, 6.45) is 3.38. The van der Waals surface area contributed by atoms with Crippen molar-refractivity contribution in [3.05, 3.63) is 35.4 Å². The summed E-state index contributed by atoms with van der Waals surface area (Å²) in [5.74, 6) is 0.135. The molecule has 2 atom stereocenters. The quantitative estimate of drug-likeness (QED) is 0.877. The van der Waals surface area contributed by atoms with Crippen molar-refractivity contribution in [3.63, 3.8) is 0 Å². The number of fused-ring (bicyclic) bond motifs is 1. The van der Waals surface area contributed by atoms with E-state index in [1.54, 1.807) is 0 Å². The number of nitrogens with one attached hydrogen (secondary N) is 2. The Hall–Kier alpha value is -1.39. The van der Waals surface area contributed by atoms with Gasteiger partial charge >= 0.3 is 0 Å². The van der Waals surface area contributed by atoms with E-state index < -0.39 is 0 Å². The van der Waals surface area contributed by atoms with Gasteiger partial charge in [-0.25, -0.2) is 0 Å². The first-order chi connectivity index (χ1) is 10.2. The zero-order valence-corrected chi connectivity index (χ0v) is 12.8. The number of amides is 1. The fraction of sp³-hybridized carbons (Fsp3) is 0.588. The highest BCUT2D eigenvalue weighted by molar-refractivity contribution is 5.82. The lowest BCUT2D eigenvalue weighted by Crippen LogP contribution is -2.51. The van der Waals surface area contributed by atoms with Crippen LogP contribution in [0.4, 0.5) is 0 Å². The molecule has 2 N–H and O–H groups in total. The van der Waals surface area contributed by atoms with Crippen LogP contribution in [0.1, 0.15) is 30.9 Å². The van der Waals surface area contributed by atoms with Crippen LogP contribution in [0.3, 0.4) is 0 Å². The summed E-state index contributed by atoms with van der Waals surface area (Å²) >= 11 is 0. The van der Waals surface area contributed by atoms with Gasteiger partial charge < -0.3 is 15.5 Å². The molecule has 3 rings (SSSR count). The standard InChI is InChI=1S/C17H25N3O/c1-13(12-20-8-4-5-9-20)19-17(21)16-10-14-6-2-3-7-15(14)11-18-16/h2-3,6-7,13,16,18H,4-5,8-12H2,1H3,(H,19,21)/t13?,16-/m0/s1. The third kappa shape index (κ3) is 3.63. The van der Waals surface area contributed by atoms with Gasteiger partial charge in [-0.1, -0.05) is 24.3 Å². The molecule has 4 nitrogen and oxygen atoms in total. The largest absolute Gasteiger partial charge is 0.351 e. The Kier molecular flexibility index (Phi) is 4.56. The maximum Gasteiger partial charge on any atom is 0.237 e. The average Bonchev–Trinajstić information content (AvgIpc) is 2.99. The van der Waals surface area contributed by atoms with Gasteiger partial charge in [0.1, 0.15) is 0 Å². The lowest BCUT2D eigenvalue weighted by molar-refractivity contribution is -0.124. The normalized spacial score (nSPS) is 23.6. The highest BCUT2D eigenvalue weighted by Crippen LogP contribution is 2.16. The van der Waals surface area contributed by atoms with Crippen molar-refractivity contribution in [2.24, 2.45) is 0 Å². The third-order valence-corrected chi connectivity index (χ3v) is 4.52. The summed E-state index contributed by atoms with van der Waals surface area (Å²) in [7, 11) is 0. The molecular formula is C17H25N3O. The Morgan fingerprint density at radius 1 is 1.33 bits per heavy atom. The van der Waals surface area contributed by atoms with Crippen LogP contribution in [-0.2, 0) is 17.8 Å². The van der Waals surface area contributed by atoms with Gasteiger partial charge in [-0.05, 0) is 50.4 Å². The van der Waals surface area contributed by atoms with Gasteiger partial charge in [-0.3, -0.25) is 4.79 Å². The van der Waals surface area contributed by atoms with Gasteiger partial charge in [-0.15, -0.1) is 0 Å². The summed E-state index contributed by atoms with van der Waals surface area (Å²) in [5, 5.41) is 6.51. The van der Waals surface area contributed by atoms with E-state index in [-0.39, 0.29) is 18.0 Å². The smallest absolute Gasteiger partial charge is 0.237 e. The molecule has 1 saturated heterocycles. The lowest BCUT2D eigenvalue weighted by atomic mass is 9.95. The highest BCUT2D eigenvalue weighted by Gasteiger charge is 2.25. The minimum absolute atomic E-state index is 0.0964. The van der Waals surface area contributed by atoms with Gasteiger partial charge in [0, 0.05) is 19.1 Å². The lowest BCUT2D eigenvalue weighted by Gasteiger charge is -2.28. The van der Waals surface area contributed by atoms with Crippen molar-refractivity contribution in [1.29, 1.82) is 0 Å². The predicted molar refractivity (Wildman–Crippen MR) is 84.1 cm³/mol. The molecule has 0 radical (unpaired) electrons. The number of rotatable bonds is 4. The van der Waals surface area contributed by atoms with Crippen LogP contribution >= 0.6 is 0 Å². The Balaban J connectivity index is 1.51. The second-order valence-electron chi connectivity index (χ2n) is 6.32. The zero-order valence-electron chi connectivity index (χ0n) is 12.8. The SMILES string of the molecule is CC(CN1CCCC1)NC(=O)[C@@H]1Cc2ccccc2CN1. The van der Waals surface area contributed by atoms with Crippen molar-refractivity contribution in [3.8, 4) is 0 Å². The van der Waals surface area contributed by atoms with Gasteiger partial charge in [0.05, 0.1) is 6.04 Å². The van der Waals surface area contributed by atoms with Crippen LogP contribution in [0.25, 0.3) is 0 Å². The fourth-order valence-electron chi connectivity index (χ4n) is 3.38. The molecule has 0 aliphatic carbocycles. The fourth-order valence-corrected chi connectivity index (χ4v) is 3.38. The minimum Gasteiger partial charge on any atom is -0.351 e. The Morgan fingerprint density at radius 2 is 2.05 bits per heavy atom. The van der Waals surface area contributed by atoms with Crippen molar-refractivity contribution < 1.29 is 4.79 Å². The van der Waals surface area contributed by atoms with Gasteiger partial charge in [0.2, 0.25) is 5.91 Å². The molecule has 0 saturated carbocycles. The van der Waals surface area contributed by atoms with Gasteiger partial charge in [0.25, 0.3) is 0 Å². The van der Waals surface area contributed by atoms with Crippen molar-refractivity contribution >= 4 is 5.91 Å². The van der Waals surface area contributed by atoms with E-state index in [9.17, 15) is 4.79 Å². The van der Waals surface area contributed by atoms with Crippen LogP contribution in [0.2, 0.25) is 0 Å². The number of hydrogen-bond acceptors (Lipinski definition) is 3. The summed E-state index contributed by atoms with van der Waals surface area (Å²) in [6.45, 7) is 6.21. The van der Waals surface area contributed by atoms with Crippen molar-refractivity contribution in [1.82, 2.24) is 15.5 Å². The van der Waals surface area contributed by atoms with E-state index in [2.05, 4.69) is 46.7 Å². The van der Waals surface area contributed by atoms with E-state index in [0.717, 1.165) is 19.5 Å². The molecule has 2 heterocycles. The van der Waals surface area contributed by atoms with Crippen molar-refractivity contribution in [2.75, 3.05) is 19.6 Å². The molecule has 1 amide bonds. The maximum atomic E-state index is 12.4. The van der Waals surface area contributed by atoms with Crippen LogP contribution in [-0.4, -0.2) is 42.5 Å². The number of carbonyl (C=O) groups excluding carboxylic acids is 1. The highest BCUT2D eigenvalue weighted by atomic mass is 16.2. The van der Waals surface area contributed by atoms with E-state index in [4.69, 9.17) is 0 Å². The molecule has 0 spiro atoms. The monoisotopic (exact) mass is 287 g/mol. The Morgan fingerprint density at radius 3 is 2.81 bits per heavy atom. The van der Waals surface area contributed by atoms with E-state index in [1.165, 1.54) is 37.1 Å². The van der Waals surface area contributed by atoms with Crippen molar-refractivity contribution in [2.45, 2.75) is 44.8 Å². The Labute approximate surface area is 126 Å². The molecule has 0 aromatic heterocycles. The number of carbonyl (C=O) groups is 1. The molecule has 1 unspecified atom stereocenters. The first-order valence-electron chi connectivity index (χ1n) is 8.05. The molecule has 1 fully saturated rings. The van der Waals surface area contributed by atoms with E-state index >= 15 is 0 Å². The van der Waals surface area contributed by atoms with Gasteiger partial charge in [0.15, 0.2) is 0 Å². The second-order valence-corrected chi connectivity index (χ2v) is 6.32. The Bertz CT molecular complexity index is 497. The van der Waals surface area contributed by atoms with Crippen LogP contribution in [0.5, 0.6) is 0 Å². The first-order valence-corrected chi connectivity index (χ1v) is 8.05. The summed E-state index contributed by atoms with van der Waals surface area (Å²) in [4.78, 5) is 14.8. The van der Waals surface area contributed by atoms with Crippen LogP contribution < -0.4 is 10.6 Å². The topological polar surface area (TPSA) is 44.4 Å². The summed E-state index contributed by atoms with van der Waals surface area (Å²) < 4.78 is 0. The maximum absolute atomic E-state index is 12.4. The third-order valence-electron chi connectivity index (χ3n) is 4.52. The molecule has 1 aromatic carbocycles. The first kappa shape index (κ1) is 14.5. The van der Waals surface area contributed by atoms with Crippen LogP contribution in [0, 0.1) is 0 Å². The second kappa shape index (κ2) is 6.58. The molecule has 1 aromatic rings. The summed E-state index contributed by atoms with van der Waals surface area (Å²) in [5.41, 5.74) is 2.61.